The summed E-state index contributed by atoms with van der Waals surface area (Å²) in [5, 5.41) is 12.2. The minimum absolute atomic E-state index is 0.0927. The van der Waals surface area contributed by atoms with E-state index in [-0.39, 0.29) is 5.91 Å². The Kier molecular flexibility index (Phi) is 4.60. The number of amides is 1. The SMILES string of the molecule is Cc1nn(C(C)C(=O)NCc2c(C)nn(C)c2C)c(C)c1Cl. The van der Waals surface area contributed by atoms with Crippen LogP contribution in [-0.4, -0.2) is 25.5 Å². The number of rotatable bonds is 4. The van der Waals surface area contributed by atoms with Crippen LogP contribution < -0.4 is 5.32 Å². The van der Waals surface area contributed by atoms with Crippen molar-refractivity contribution in [3.8, 4) is 0 Å². The Hall–Kier alpha value is -1.82. The van der Waals surface area contributed by atoms with Crippen LogP contribution in [0, 0.1) is 27.7 Å². The molecule has 7 heteroatoms. The molecule has 0 fully saturated rings. The first-order chi connectivity index (χ1) is 10.2. The van der Waals surface area contributed by atoms with Gasteiger partial charge in [0.2, 0.25) is 5.91 Å². The summed E-state index contributed by atoms with van der Waals surface area (Å²) in [5.41, 5.74) is 4.57. The molecule has 1 amide bonds. The van der Waals surface area contributed by atoms with Crippen molar-refractivity contribution in [3.05, 3.63) is 33.4 Å². The molecule has 2 rings (SSSR count). The van der Waals surface area contributed by atoms with E-state index in [1.165, 1.54) is 0 Å². The largest absolute Gasteiger partial charge is 0.350 e. The van der Waals surface area contributed by atoms with Crippen molar-refractivity contribution in [2.75, 3.05) is 0 Å². The van der Waals surface area contributed by atoms with Gasteiger partial charge in [0.1, 0.15) is 6.04 Å². The third-order valence-corrected chi connectivity index (χ3v) is 4.63. The topological polar surface area (TPSA) is 64.7 Å². The summed E-state index contributed by atoms with van der Waals surface area (Å²) in [4.78, 5) is 12.4. The molecule has 1 N–H and O–H groups in total. The van der Waals surface area contributed by atoms with E-state index in [0.29, 0.717) is 11.6 Å². The van der Waals surface area contributed by atoms with Crippen molar-refractivity contribution < 1.29 is 4.79 Å². The van der Waals surface area contributed by atoms with Gasteiger partial charge in [0.05, 0.1) is 22.1 Å². The minimum Gasteiger partial charge on any atom is -0.350 e. The van der Waals surface area contributed by atoms with Gasteiger partial charge in [0.25, 0.3) is 0 Å². The lowest BCUT2D eigenvalue weighted by Crippen LogP contribution is -2.31. The summed E-state index contributed by atoms with van der Waals surface area (Å²) in [6.45, 7) is 9.90. The van der Waals surface area contributed by atoms with E-state index in [2.05, 4.69) is 15.5 Å². The molecule has 0 radical (unpaired) electrons. The highest BCUT2D eigenvalue weighted by Gasteiger charge is 2.21. The van der Waals surface area contributed by atoms with E-state index >= 15 is 0 Å². The summed E-state index contributed by atoms with van der Waals surface area (Å²) >= 11 is 6.14. The number of hydrogen-bond donors (Lipinski definition) is 1. The number of nitrogens with zero attached hydrogens (tertiary/aromatic N) is 4. The molecule has 0 saturated carbocycles. The zero-order valence-electron chi connectivity index (χ0n) is 13.9. The van der Waals surface area contributed by atoms with E-state index in [4.69, 9.17) is 11.6 Å². The third-order valence-electron chi connectivity index (χ3n) is 4.08. The molecule has 22 heavy (non-hydrogen) atoms. The second kappa shape index (κ2) is 6.12. The Balaban J connectivity index is 2.10. The fourth-order valence-electron chi connectivity index (χ4n) is 2.53. The molecule has 0 saturated heterocycles. The predicted octanol–water partition coefficient (Wildman–Crippen LogP) is 2.38. The van der Waals surface area contributed by atoms with Crippen molar-refractivity contribution in [2.24, 2.45) is 7.05 Å². The first kappa shape index (κ1) is 16.5. The molecule has 1 unspecified atom stereocenters. The second-order valence-electron chi connectivity index (χ2n) is 5.60. The normalized spacial score (nSPS) is 12.5. The van der Waals surface area contributed by atoms with Crippen molar-refractivity contribution in [1.82, 2.24) is 24.9 Å². The molecule has 0 aliphatic carbocycles. The number of halogens is 1. The fraction of sp³-hybridized carbons (Fsp3) is 0.533. The monoisotopic (exact) mass is 323 g/mol. The van der Waals surface area contributed by atoms with Gasteiger partial charge in [-0.15, -0.1) is 0 Å². The second-order valence-corrected chi connectivity index (χ2v) is 5.97. The number of aromatic nitrogens is 4. The van der Waals surface area contributed by atoms with Gasteiger partial charge in [0.15, 0.2) is 0 Å². The molecule has 2 aromatic rings. The molecule has 120 valence electrons. The van der Waals surface area contributed by atoms with Crippen LogP contribution in [-0.2, 0) is 18.4 Å². The van der Waals surface area contributed by atoms with Gasteiger partial charge in [-0.25, -0.2) is 0 Å². The molecule has 0 spiro atoms. The minimum atomic E-state index is -0.413. The van der Waals surface area contributed by atoms with Gasteiger partial charge >= 0.3 is 0 Å². The zero-order valence-corrected chi connectivity index (χ0v) is 14.6. The first-order valence-electron chi connectivity index (χ1n) is 7.22. The zero-order chi connectivity index (χ0) is 16.6. The van der Waals surface area contributed by atoms with Crippen LogP contribution in [0.5, 0.6) is 0 Å². The van der Waals surface area contributed by atoms with Crippen LogP contribution >= 0.6 is 11.6 Å². The maximum Gasteiger partial charge on any atom is 0.244 e. The Morgan fingerprint density at radius 3 is 2.27 bits per heavy atom. The molecular formula is C15H22ClN5O. The van der Waals surface area contributed by atoms with E-state index in [0.717, 1.165) is 28.3 Å². The summed E-state index contributed by atoms with van der Waals surface area (Å²) in [7, 11) is 1.90. The lowest BCUT2D eigenvalue weighted by atomic mass is 10.2. The van der Waals surface area contributed by atoms with Crippen LogP contribution in [0.4, 0.5) is 0 Å². The molecular weight excluding hydrogens is 302 g/mol. The van der Waals surface area contributed by atoms with Crippen molar-refractivity contribution in [1.29, 1.82) is 0 Å². The molecule has 6 nitrogen and oxygen atoms in total. The standard InChI is InChI=1S/C15H22ClN5O/c1-8-13(10(3)20(6)18-8)7-17-15(22)12(5)21-11(4)14(16)9(2)19-21/h12H,7H2,1-6H3,(H,17,22). The average Bonchev–Trinajstić information content (AvgIpc) is 2.87. The van der Waals surface area contributed by atoms with E-state index in [1.807, 2.05) is 46.3 Å². The first-order valence-corrected chi connectivity index (χ1v) is 7.59. The Labute approximate surface area is 135 Å². The van der Waals surface area contributed by atoms with Crippen molar-refractivity contribution in [2.45, 2.75) is 47.2 Å². The summed E-state index contributed by atoms with van der Waals surface area (Å²) in [6, 6.07) is -0.413. The summed E-state index contributed by atoms with van der Waals surface area (Å²) < 4.78 is 3.48. The highest BCUT2D eigenvalue weighted by Crippen LogP contribution is 2.22. The van der Waals surface area contributed by atoms with Gasteiger partial charge in [0, 0.05) is 24.8 Å². The Bertz CT molecular complexity index is 716. The maximum absolute atomic E-state index is 12.4. The number of aryl methyl sites for hydroxylation is 3. The van der Waals surface area contributed by atoms with Crippen LogP contribution in [0.25, 0.3) is 0 Å². The molecule has 1 atom stereocenters. The summed E-state index contributed by atoms with van der Waals surface area (Å²) in [6.07, 6.45) is 0. The van der Waals surface area contributed by atoms with E-state index in [1.54, 1.807) is 4.68 Å². The highest BCUT2D eigenvalue weighted by molar-refractivity contribution is 6.31. The molecule has 0 aliphatic rings. The number of carbonyl (C=O) groups is 1. The lowest BCUT2D eigenvalue weighted by molar-refractivity contribution is -0.124. The average molecular weight is 324 g/mol. The van der Waals surface area contributed by atoms with E-state index < -0.39 is 6.04 Å². The van der Waals surface area contributed by atoms with E-state index in [9.17, 15) is 4.79 Å². The van der Waals surface area contributed by atoms with Crippen LogP contribution in [0.15, 0.2) is 0 Å². The molecule has 0 bridgehead atoms. The van der Waals surface area contributed by atoms with Gasteiger partial charge < -0.3 is 5.32 Å². The fourth-order valence-corrected chi connectivity index (χ4v) is 2.65. The molecule has 2 heterocycles. The maximum atomic E-state index is 12.4. The molecule has 2 aromatic heterocycles. The Morgan fingerprint density at radius 1 is 1.18 bits per heavy atom. The number of carbonyl (C=O) groups excluding carboxylic acids is 1. The summed E-state index contributed by atoms with van der Waals surface area (Å²) in [5.74, 6) is -0.0927. The van der Waals surface area contributed by atoms with Crippen LogP contribution in [0.2, 0.25) is 5.02 Å². The van der Waals surface area contributed by atoms with Crippen molar-refractivity contribution in [3.63, 3.8) is 0 Å². The number of hydrogen-bond acceptors (Lipinski definition) is 3. The molecule has 0 aromatic carbocycles. The van der Waals surface area contributed by atoms with Crippen LogP contribution in [0.3, 0.4) is 0 Å². The van der Waals surface area contributed by atoms with Crippen LogP contribution in [0.1, 0.15) is 41.3 Å². The van der Waals surface area contributed by atoms with Gasteiger partial charge in [-0.05, 0) is 34.6 Å². The number of nitrogens with one attached hydrogen (secondary N) is 1. The van der Waals surface area contributed by atoms with Gasteiger partial charge in [-0.1, -0.05) is 11.6 Å². The van der Waals surface area contributed by atoms with Crippen molar-refractivity contribution >= 4 is 17.5 Å². The smallest absolute Gasteiger partial charge is 0.244 e. The third kappa shape index (κ3) is 2.88. The Morgan fingerprint density at radius 2 is 1.82 bits per heavy atom. The lowest BCUT2D eigenvalue weighted by Gasteiger charge is -2.14. The predicted molar refractivity (Wildman–Crippen MR) is 86.0 cm³/mol. The highest BCUT2D eigenvalue weighted by atomic mass is 35.5. The van der Waals surface area contributed by atoms with Gasteiger partial charge in [-0.3, -0.25) is 14.2 Å². The molecule has 0 aliphatic heterocycles. The van der Waals surface area contributed by atoms with Gasteiger partial charge in [-0.2, -0.15) is 10.2 Å². The quantitative estimate of drug-likeness (QED) is 0.939.